The van der Waals surface area contributed by atoms with E-state index in [4.69, 9.17) is 27.9 Å². The van der Waals surface area contributed by atoms with E-state index in [2.05, 4.69) is 10.3 Å². The molecule has 156 valence electrons. The van der Waals surface area contributed by atoms with Crippen LogP contribution in [0.25, 0.3) is 10.9 Å². The van der Waals surface area contributed by atoms with E-state index in [0.717, 1.165) is 36.1 Å². The second kappa shape index (κ2) is 8.37. The van der Waals surface area contributed by atoms with E-state index in [1.807, 2.05) is 0 Å². The quantitative estimate of drug-likeness (QED) is 0.586. The predicted octanol–water partition coefficient (Wildman–Crippen LogP) is 4.07. The van der Waals surface area contributed by atoms with Crippen LogP contribution in [0.3, 0.4) is 0 Å². The molecular formula is C20H17Cl2N3O4S. The van der Waals surface area contributed by atoms with E-state index in [9.17, 15) is 14.4 Å². The molecule has 1 aromatic carbocycles. The van der Waals surface area contributed by atoms with Crippen molar-refractivity contribution in [1.29, 1.82) is 0 Å². The number of thiophene rings is 1. The van der Waals surface area contributed by atoms with Gasteiger partial charge in [0.1, 0.15) is 11.5 Å². The van der Waals surface area contributed by atoms with Gasteiger partial charge in [-0.05, 0) is 43.4 Å². The minimum absolute atomic E-state index is 0.227. The smallest absolute Gasteiger partial charge is 0.341 e. The second-order valence-corrected chi connectivity index (χ2v) is 8.86. The fourth-order valence-electron chi connectivity index (χ4n) is 3.60. The molecule has 0 saturated heterocycles. The van der Waals surface area contributed by atoms with Crippen LogP contribution in [0.4, 0.5) is 5.00 Å². The number of benzene rings is 1. The molecule has 0 aliphatic heterocycles. The molecule has 0 saturated carbocycles. The Bertz CT molecular complexity index is 1230. The summed E-state index contributed by atoms with van der Waals surface area (Å²) in [6.45, 7) is -0.269. The van der Waals surface area contributed by atoms with Crippen molar-refractivity contribution in [3.05, 3.63) is 54.9 Å². The van der Waals surface area contributed by atoms with Gasteiger partial charge in [0.2, 0.25) is 5.91 Å². The lowest BCUT2D eigenvalue weighted by Gasteiger charge is -2.12. The van der Waals surface area contributed by atoms with Crippen LogP contribution in [0.15, 0.2) is 23.3 Å². The first-order valence-corrected chi connectivity index (χ1v) is 10.8. The molecule has 7 nitrogen and oxygen atoms in total. The Kier molecular flexibility index (Phi) is 5.81. The lowest BCUT2D eigenvalue weighted by Crippen LogP contribution is -2.28. The van der Waals surface area contributed by atoms with Gasteiger partial charge in [-0.3, -0.25) is 14.2 Å². The molecule has 2 aromatic heterocycles. The van der Waals surface area contributed by atoms with Gasteiger partial charge in [0.15, 0.2) is 0 Å². The number of aryl methyl sites for hydroxylation is 1. The second-order valence-electron chi connectivity index (χ2n) is 6.92. The van der Waals surface area contributed by atoms with Crippen molar-refractivity contribution in [3.8, 4) is 0 Å². The number of fused-ring (bicyclic) bond motifs is 2. The van der Waals surface area contributed by atoms with Crippen molar-refractivity contribution in [3.63, 3.8) is 0 Å². The molecule has 1 aliphatic rings. The van der Waals surface area contributed by atoms with Crippen molar-refractivity contribution >= 4 is 62.3 Å². The molecule has 0 spiro atoms. The van der Waals surface area contributed by atoms with E-state index < -0.39 is 17.4 Å². The summed E-state index contributed by atoms with van der Waals surface area (Å²) >= 11 is 13.5. The highest BCUT2D eigenvalue weighted by atomic mass is 35.5. The molecule has 4 rings (SSSR count). The minimum Gasteiger partial charge on any atom is -0.465 e. The van der Waals surface area contributed by atoms with Crippen LogP contribution in [0.1, 0.15) is 33.6 Å². The Hall–Kier alpha value is -2.42. The number of amides is 1. The third-order valence-corrected chi connectivity index (χ3v) is 6.69. The molecule has 2 heterocycles. The summed E-state index contributed by atoms with van der Waals surface area (Å²) in [7, 11) is 1.32. The topological polar surface area (TPSA) is 90.3 Å². The Balaban J connectivity index is 1.63. The van der Waals surface area contributed by atoms with E-state index in [1.54, 1.807) is 0 Å². The third kappa shape index (κ3) is 3.82. The number of esters is 1. The van der Waals surface area contributed by atoms with Crippen LogP contribution in [0.2, 0.25) is 10.0 Å². The Morgan fingerprint density at radius 2 is 2.03 bits per heavy atom. The van der Waals surface area contributed by atoms with Gasteiger partial charge in [-0.1, -0.05) is 23.2 Å². The van der Waals surface area contributed by atoms with Crippen molar-refractivity contribution in [2.45, 2.75) is 32.2 Å². The number of anilines is 1. The van der Waals surface area contributed by atoms with Gasteiger partial charge < -0.3 is 10.1 Å². The highest BCUT2D eigenvalue weighted by molar-refractivity contribution is 7.17. The highest BCUT2D eigenvalue weighted by Gasteiger charge is 2.27. The fourth-order valence-corrected chi connectivity index (χ4v) is 5.44. The van der Waals surface area contributed by atoms with Crippen molar-refractivity contribution in [2.24, 2.45) is 0 Å². The third-order valence-electron chi connectivity index (χ3n) is 4.97. The first-order valence-electron chi connectivity index (χ1n) is 9.26. The van der Waals surface area contributed by atoms with E-state index in [0.29, 0.717) is 21.1 Å². The number of carbonyl (C=O) groups is 2. The first-order chi connectivity index (χ1) is 14.4. The molecule has 1 amide bonds. The average molecular weight is 466 g/mol. The van der Waals surface area contributed by atoms with Crippen LogP contribution in [0, 0.1) is 0 Å². The molecule has 10 heteroatoms. The zero-order chi connectivity index (χ0) is 21.4. The summed E-state index contributed by atoms with van der Waals surface area (Å²) in [5.41, 5.74) is 1.25. The largest absolute Gasteiger partial charge is 0.465 e. The van der Waals surface area contributed by atoms with Gasteiger partial charge in [-0.2, -0.15) is 0 Å². The number of hydrogen-bond acceptors (Lipinski definition) is 6. The molecule has 0 radical (unpaired) electrons. The molecule has 0 fully saturated rings. The number of hydrogen-bond donors (Lipinski definition) is 1. The molecule has 30 heavy (non-hydrogen) atoms. The Morgan fingerprint density at radius 1 is 1.27 bits per heavy atom. The number of halogens is 2. The van der Waals surface area contributed by atoms with Gasteiger partial charge in [0.05, 0.1) is 34.9 Å². The van der Waals surface area contributed by atoms with Gasteiger partial charge >= 0.3 is 5.97 Å². The van der Waals surface area contributed by atoms with Crippen molar-refractivity contribution in [2.75, 3.05) is 12.4 Å². The van der Waals surface area contributed by atoms with Crippen LogP contribution in [-0.2, 0) is 28.9 Å². The number of ether oxygens (including phenoxy) is 1. The zero-order valence-electron chi connectivity index (χ0n) is 16.0. The molecule has 3 aromatic rings. The number of rotatable bonds is 4. The average Bonchev–Trinajstić information content (AvgIpc) is 3.07. The summed E-state index contributed by atoms with van der Waals surface area (Å²) in [5, 5.41) is 4.01. The minimum atomic E-state index is -0.474. The van der Waals surface area contributed by atoms with E-state index in [1.165, 1.54) is 41.5 Å². The maximum absolute atomic E-state index is 12.8. The summed E-state index contributed by atoms with van der Waals surface area (Å²) < 4.78 is 6.09. The summed E-state index contributed by atoms with van der Waals surface area (Å²) in [6.07, 6.45) is 4.96. The van der Waals surface area contributed by atoms with Gasteiger partial charge in [0.25, 0.3) is 5.56 Å². The predicted molar refractivity (Wildman–Crippen MR) is 117 cm³/mol. The molecule has 0 atom stereocenters. The van der Waals surface area contributed by atoms with E-state index in [-0.39, 0.29) is 17.0 Å². The lowest BCUT2D eigenvalue weighted by atomic mass is 9.95. The number of carbonyl (C=O) groups excluding carboxylic acids is 2. The number of aromatic nitrogens is 2. The fraction of sp³-hybridized carbons (Fsp3) is 0.300. The standard InChI is InChI=1S/C20H17Cl2N3O4S/c1-29-20(28)16-11-4-2-3-5-14(11)30-18(16)24-15(26)8-25-9-23-17-12(19(25)27)6-10(21)7-13(17)22/h6-7,9H,2-5,8H2,1H3,(H,24,26). The van der Waals surface area contributed by atoms with Gasteiger partial charge in [-0.15, -0.1) is 11.3 Å². The Labute approximate surface area is 185 Å². The van der Waals surface area contributed by atoms with Crippen LogP contribution in [0.5, 0.6) is 0 Å². The van der Waals surface area contributed by atoms with Crippen molar-refractivity contribution < 1.29 is 14.3 Å². The molecule has 0 bridgehead atoms. The van der Waals surface area contributed by atoms with Crippen LogP contribution in [-0.4, -0.2) is 28.5 Å². The van der Waals surface area contributed by atoms with E-state index >= 15 is 0 Å². The molecular weight excluding hydrogens is 449 g/mol. The zero-order valence-corrected chi connectivity index (χ0v) is 18.3. The summed E-state index contributed by atoms with van der Waals surface area (Å²) in [5.74, 6) is -0.923. The monoisotopic (exact) mass is 465 g/mol. The number of methoxy groups -OCH3 is 1. The normalized spacial score (nSPS) is 13.2. The molecule has 1 N–H and O–H groups in total. The maximum atomic E-state index is 12.8. The maximum Gasteiger partial charge on any atom is 0.341 e. The summed E-state index contributed by atoms with van der Waals surface area (Å²) in [6, 6.07) is 2.97. The summed E-state index contributed by atoms with van der Waals surface area (Å²) in [4.78, 5) is 43.0. The van der Waals surface area contributed by atoms with Crippen LogP contribution < -0.4 is 10.9 Å². The Morgan fingerprint density at radius 3 is 2.80 bits per heavy atom. The van der Waals surface area contributed by atoms with Crippen molar-refractivity contribution in [1.82, 2.24) is 9.55 Å². The number of nitrogens with zero attached hydrogens (tertiary/aromatic N) is 2. The lowest BCUT2D eigenvalue weighted by molar-refractivity contribution is -0.116. The highest BCUT2D eigenvalue weighted by Crippen LogP contribution is 2.38. The van der Waals surface area contributed by atoms with Gasteiger partial charge in [0, 0.05) is 9.90 Å². The SMILES string of the molecule is COC(=O)c1c(NC(=O)Cn2cnc3c(Cl)cc(Cl)cc3c2=O)sc2c1CCCC2. The first kappa shape index (κ1) is 20.8. The van der Waals surface area contributed by atoms with Crippen LogP contribution >= 0.6 is 34.5 Å². The molecule has 1 aliphatic carbocycles. The molecule has 0 unspecified atom stereocenters. The number of nitrogens with one attached hydrogen (secondary N) is 1. The van der Waals surface area contributed by atoms with Gasteiger partial charge in [-0.25, -0.2) is 9.78 Å².